The smallest absolute Gasteiger partial charge is 0.258 e. The molecule has 2 aromatic carbocycles. The largest absolute Gasteiger partial charge is 0.322 e. The third-order valence-electron chi connectivity index (χ3n) is 3.87. The first-order valence-electron chi connectivity index (χ1n) is 8.33. The number of amides is 2. The van der Waals surface area contributed by atoms with Gasteiger partial charge in [0.05, 0.1) is 17.4 Å². The lowest BCUT2D eigenvalue weighted by Gasteiger charge is -2.10. The van der Waals surface area contributed by atoms with E-state index in [-0.39, 0.29) is 11.5 Å². The van der Waals surface area contributed by atoms with Gasteiger partial charge in [-0.25, -0.2) is 4.39 Å². The van der Waals surface area contributed by atoms with E-state index in [0.717, 1.165) is 17.2 Å². The Labute approximate surface area is 156 Å². The van der Waals surface area contributed by atoms with Gasteiger partial charge in [0.1, 0.15) is 5.82 Å². The Morgan fingerprint density at radius 2 is 1.59 bits per heavy atom. The summed E-state index contributed by atoms with van der Waals surface area (Å²) in [7, 11) is 0. The van der Waals surface area contributed by atoms with Crippen molar-refractivity contribution < 1.29 is 14.0 Å². The summed E-state index contributed by atoms with van der Waals surface area (Å²) in [5.74, 6) is -1.63. The maximum Gasteiger partial charge on any atom is 0.258 e. The highest BCUT2D eigenvalue weighted by molar-refractivity contribution is 6.07. The number of anilines is 2. The summed E-state index contributed by atoms with van der Waals surface area (Å²) >= 11 is 0. The van der Waals surface area contributed by atoms with Crippen LogP contribution in [-0.2, 0) is 0 Å². The van der Waals surface area contributed by atoms with Crippen LogP contribution in [0.5, 0.6) is 0 Å². The number of benzene rings is 2. The number of hydrogen-bond acceptors (Lipinski definition) is 3. The molecule has 3 aromatic rings. The molecule has 0 atom stereocenters. The first-order chi connectivity index (χ1) is 12.9. The maximum absolute atomic E-state index is 14.1. The van der Waals surface area contributed by atoms with Crippen LogP contribution in [0.1, 0.15) is 31.8 Å². The number of pyridine rings is 1. The third kappa shape index (κ3) is 4.55. The van der Waals surface area contributed by atoms with Crippen LogP contribution < -0.4 is 10.6 Å². The van der Waals surface area contributed by atoms with E-state index in [1.54, 1.807) is 30.5 Å². The quantitative estimate of drug-likeness (QED) is 0.724. The zero-order valence-corrected chi connectivity index (χ0v) is 14.9. The number of nitrogens with one attached hydrogen (secondary N) is 2. The summed E-state index contributed by atoms with van der Waals surface area (Å²) in [5.41, 5.74) is 3.05. The van der Waals surface area contributed by atoms with E-state index in [1.165, 1.54) is 18.3 Å². The average molecular weight is 363 g/mol. The predicted molar refractivity (Wildman–Crippen MR) is 102 cm³/mol. The summed E-state index contributed by atoms with van der Waals surface area (Å²) in [4.78, 5) is 28.7. The maximum atomic E-state index is 14.1. The van der Waals surface area contributed by atoms with Crippen molar-refractivity contribution in [3.63, 3.8) is 0 Å². The molecule has 27 heavy (non-hydrogen) atoms. The molecule has 0 spiro atoms. The van der Waals surface area contributed by atoms with Crippen LogP contribution in [0.15, 0.2) is 60.9 Å². The van der Waals surface area contributed by atoms with Gasteiger partial charge in [-0.1, -0.05) is 17.2 Å². The highest BCUT2D eigenvalue weighted by Gasteiger charge is 2.15. The Balaban J connectivity index is 1.80. The number of nitrogens with zero attached hydrogens (tertiary/aromatic N) is 1. The molecule has 0 bridgehead atoms. The fraction of sp³-hybridized carbons (Fsp3) is 0.0952. The van der Waals surface area contributed by atoms with Crippen molar-refractivity contribution in [3.05, 3.63) is 89.0 Å². The highest BCUT2D eigenvalue weighted by Crippen LogP contribution is 2.18. The van der Waals surface area contributed by atoms with Gasteiger partial charge in [0.2, 0.25) is 0 Å². The Bertz CT molecular complexity index is 983. The van der Waals surface area contributed by atoms with Crippen molar-refractivity contribution in [3.8, 4) is 0 Å². The predicted octanol–water partition coefficient (Wildman–Crippen LogP) is 4.34. The number of aromatic nitrogens is 1. The lowest BCUT2D eigenvalue weighted by molar-refractivity contribution is 0.101. The Hall–Kier alpha value is -3.54. The highest BCUT2D eigenvalue weighted by atomic mass is 19.1. The molecule has 0 saturated heterocycles. The van der Waals surface area contributed by atoms with Gasteiger partial charge in [0.25, 0.3) is 11.8 Å². The second-order valence-corrected chi connectivity index (χ2v) is 6.22. The SMILES string of the molecule is Cc1cc(C)cc(C(=O)Nc2ccc(F)c(C(=O)Nc3cccnc3)c2)c1. The first kappa shape index (κ1) is 18.3. The van der Waals surface area contributed by atoms with Crippen LogP contribution in [0.2, 0.25) is 0 Å². The number of aryl methyl sites for hydroxylation is 2. The van der Waals surface area contributed by atoms with Gasteiger partial charge >= 0.3 is 0 Å². The van der Waals surface area contributed by atoms with E-state index in [0.29, 0.717) is 16.9 Å². The van der Waals surface area contributed by atoms with Gasteiger partial charge in [0, 0.05) is 17.4 Å². The minimum atomic E-state index is -0.680. The number of rotatable bonds is 4. The Kier molecular flexibility index (Phi) is 5.26. The fourth-order valence-electron chi connectivity index (χ4n) is 2.72. The van der Waals surface area contributed by atoms with E-state index >= 15 is 0 Å². The normalized spacial score (nSPS) is 10.3. The van der Waals surface area contributed by atoms with Gasteiger partial charge < -0.3 is 10.6 Å². The van der Waals surface area contributed by atoms with E-state index in [4.69, 9.17) is 0 Å². The molecule has 0 aliphatic rings. The van der Waals surface area contributed by atoms with Crippen molar-refractivity contribution in [1.29, 1.82) is 0 Å². The molecule has 0 aliphatic heterocycles. The zero-order valence-electron chi connectivity index (χ0n) is 14.9. The van der Waals surface area contributed by atoms with Gasteiger partial charge in [0.15, 0.2) is 0 Å². The standard InChI is InChI=1S/C21H18FN3O2/c1-13-8-14(2)10-15(9-13)20(26)24-16-5-6-19(22)18(11-16)21(27)25-17-4-3-7-23-12-17/h3-12H,1-2H3,(H,24,26)(H,25,27). The minimum Gasteiger partial charge on any atom is -0.322 e. The van der Waals surface area contributed by atoms with Crippen LogP contribution in [0.4, 0.5) is 15.8 Å². The molecule has 136 valence electrons. The average Bonchev–Trinajstić information content (AvgIpc) is 2.63. The van der Waals surface area contributed by atoms with Crippen molar-refractivity contribution >= 4 is 23.2 Å². The lowest BCUT2D eigenvalue weighted by Crippen LogP contribution is -2.16. The summed E-state index contributed by atoms with van der Waals surface area (Å²) in [6, 6.07) is 12.7. The van der Waals surface area contributed by atoms with Crippen molar-refractivity contribution in [1.82, 2.24) is 4.98 Å². The molecular formula is C21H18FN3O2. The van der Waals surface area contributed by atoms with Crippen molar-refractivity contribution in [2.24, 2.45) is 0 Å². The molecule has 1 aromatic heterocycles. The molecule has 6 heteroatoms. The second-order valence-electron chi connectivity index (χ2n) is 6.22. The zero-order chi connectivity index (χ0) is 19.4. The molecule has 0 radical (unpaired) electrons. The van der Waals surface area contributed by atoms with E-state index in [2.05, 4.69) is 15.6 Å². The molecule has 2 N–H and O–H groups in total. The van der Waals surface area contributed by atoms with Crippen LogP contribution in [0.25, 0.3) is 0 Å². The molecular weight excluding hydrogens is 345 g/mol. The molecule has 3 rings (SSSR count). The first-order valence-corrected chi connectivity index (χ1v) is 8.33. The molecule has 2 amide bonds. The summed E-state index contributed by atoms with van der Waals surface area (Å²) < 4.78 is 14.1. The number of halogens is 1. The number of hydrogen-bond donors (Lipinski definition) is 2. The molecule has 1 heterocycles. The van der Waals surface area contributed by atoms with Gasteiger partial charge in [-0.3, -0.25) is 14.6 Å². The number of carbonyl (C=O) groups is 2. The number of carbonyl (C=O) groups excluding carboxylic acids is 2. The van der Waals surface area contributed by atoms with Crippen LogP contribution >= 0.6 is 0 Å². The molecule has 0 saturated carbocycles. The monoisotopic (exact) mass is 363 g/mol. The Morgan fingerprint density at radius 1 is 0.889 bits per heavy atom. The van der Waals surface area contributed by atoms with Crippen LogP contribution in [0.3, 0.4) is 0 Å². The fourth-order valence-corrected chi connectivity index (χ4v) is 2.72. The Morgan fingerprint density at radius 3 is 2.26 bits per heavy atom. The van der Waals surface area contributed by atoms with E-state index in [1.807, 2.05) is 19.9 Å². The van der Waals surface area contributed by atoms with Gasteiger partial charge in [-0.15, -0.1) is 0 Å². The summed E-state index contributed by atoms with van der Waals surface area (Å²) in [5, 5.41) is 5.27. The topological polar surface area (TPSA) is 71.1 Å². The second kappa shape index (κ2) is 7.78. The van der Waals surface area contributed by atoms with Crippen LogP contribution in [0, 0.1) is 19.7 Å². The molecule has 0 fully saturated rings. The van der Waals surface area contributed by atoms with E-state index < -0.39 is 11.7 Å². The van der Waals surface area contributed by atoms with Crippen molar-refractivity contribution in [2.45, 2.75) is 13.8 Å². The van der Waals surface area contributed by atoms with Gasteiger partial charge in [-0.05, 0) is 56.3 Å². The van der Waals surface area contributed by atoms with E-state index in [9.17, 15) is 14.0 Å². The summed E-state index contributed by atoms with van der Waals surface area (Å²) in [6.45, 7) is 3.81. The lowest BCUT2D eigenvalue weighted by atomic mass is 10.1. The van der Waals surface area contributed by atoms with Crippen LogP contribution in [-0.4, -0.2) is 16.8 Å². The third-order valence-corrected chi connectivity index (χ3v) is 3.87. The molecule has 0 unspecified atom stereocenters. The molecule has 5 nitrogen and oxygen atoms in total. The van der Waals surface area contributed by atoms with Crippen molar-refractivity contribution in [2.75, 3.05) is 10.6 Å². The van der Waals surface area contributed by atoms with Gasteiger partial charge in [-0.2, -0.15) is 0 Å². The minimum absolute atomic E-state index is 0.169. The molecule has 0 aliphatic carbocycles. The summed E-state index contributed by atoms with van der Waals surface area (Å²) in [6.07, 6.45) is 3.03.